The van der Waals surface area contributed by atoms with Crippen LogP contribution in [0, 0.1) is 0 Å². The first-order chi connectivity index (χ1) is 9.79. The average molecular weight is 317 g/mol. The molecule has 120 valence electrons. The lowest BCUT2D eigenvalue weighted by Crippen LogP contribution is -2.25. The van der Waals surface area contributed by atoms with Gasteiger partial charge in [-0.2, -0.15) is 0 Å². The van der Waals surface area contributed by atoms with Crippen LogP contribution < -0.4 is 15.8 Å². The second-order valence-corrected chi connectivity index (χ2v) is 4.29. The van der Waals surface area contributed by atoms with E-state index in [1.54, 1.807) is 12.1 Å². The fourth-order valence-corrected chi connectivity index (χ4v) is 1.70. The van der Waals surface area contributed by atoms with E-state index in [2.05, 4.69) is 5.32 Å². The molecule has 1 amide bonds. The molecule has 6 heteroatoms. The van der Waals surface area contributed by atoms with Gasteiger partial charge in [0.2, 0.25) is 0 Å². The van der Waals surface area contributed by atoms with Crippen molar-refractivity contribution in [3.63, 3.8) is 0 Å². The summed E-state index contributed by atoms with van der Waals surface area (Å²) < 4.78 is 10.8. The van der Waals surface area contributed by atoms with Gasteiger partial charge in [-0.15, -0.1) is 12.4 Å². The number of unbranched alkanes of at least 4 members (excludes halogenated alkanes) is 1. The number of carbonyl (C=O) groups excluding carboxylic acids is 1. The number of rotatable bonds is 10. The standard InChI is InChI=1S/C15H24N2O3.ClH/c1-2-19-11-12-20-14-8-4-3-7-13(14)15(18)17-10-6-5-9-16;/h3-4,7-8H,2,5-6,9-12,16H2,1H3,(H,17,18);1H. The number of nitrogens with one attached hydrogen (secondary N) is 1. The number of benzene rings is 1. The Labute approximate surface area is 132 Å². The molecule has 0 aliphatic rings. The summed E-state index contributed by atoms with van der Waals surface area (Å²) >= 11 is 0. The van der Waals surface area contributed by atoms with E-state index in [9.17, 15) is 4.79 Å². The molecule has 0 aromatic heterocycles. The highest BCUT2D eigenvalue weighted by molar-refractivity contribution is 5.96. The van der Waals surface area contributed by atoms with Gasteiger partial charge in [-0.3, -0.25) is 4.79 Å². The van der Waals surface area contributed by atoms with Crippen LogP contribution >= 0.6 is 12.4 Å². The van der Waals surface area contributed by atoms with Crippen LogP contribution in [-0.2, 0) is 4.74 Å². The molecular formula is C15H25ClN2O3. The van der Waals surface area contributed by atoms with Crippen molar-refractivity contribution in [3.8, 4) is 5.75 Å². The maximum Gasteiger partial charge on any atom is 0.255 e. The van der Waals surface area contributed by atoms with Gasteiger partial charge < -0.3 is 20.5 Å². The first kappa shape index (κ1) is 19.7. The predicted octanol–water partition coefficient (Wildman–Crippen LogP) is 1.99. The van der Waals surface area contributed by atoms with Gasteiger partial charge in [0.15, 0.2) is 0 Å². The predicted molar refractivity (Wildman–Crippen MR) is 86.3 cm³/mol. The summed E-state index contributed by atoms with van der Waals surface area (Å²) in [5, 5.41) is 2.87. The number of nitrogens with two attached hydrogens (primary N) is 1. The minimum absolute atomic E-state index is 0. The molecule has 5 nitrogen and oxygen atoms in total. The third-order valence-electron chi connectivity index (χ3n) is 2.74. The molecule has 0 spiro atoms. The summed E-state index contributed by atoms with van der Waals surface area (Å²) in [5.74, 6) is 0.470. The second-order valence-electron chi connectivity index (χ2n) is 4.29. The average Bonchev–Trinajstić information content (AvgIpc) is 2.48. The highest BCUT2D eigenvalue weighted by atomic mass is 35.5. The Morgan fingerprint density at radius 3 is 2.71 bits per heavy atom. The van der Waals surface area contributed by atoms with Crippen molar-refractivity contribution in [2.24, 2.45) is 5.73 Å². The largest absolute Gasteiger partial charge is 0.490 e. The summed E-state index contributed by atoms with van der Waals surface area (Å²) in [6.45, 7) is 4.82. The molecule has 0 saturated heterocycles. The summed E-state index contributed by atoms with van der Waals surface area (Å²) in [6.07, 6.45) is 1.79. The molecule has 0 heterocycles. The van der Waals surface area contributed by atoms with E-state index in [0.717, 1.165) is 12.8 Å². The van der Waals surface area contributed by atoms with Gasteiger partial charge in [-0.25, -0.2) is 0 Å². The Bertz CT molecular complexity index is 402. The normalized spacial score (nSPS) is 9.81. The minimum Gasteiger partial charge on any atom is -0.490 e. The summed E-state index contributed by atoms with van der Waals surface area (Å²) in [4.78, 5) is 12.1. The SMILES string of the molecule is CCOCCOc1ccccc1C(=O)NCCCCN.Cl. The molecule has 0 saturated carbocycles. The molecule has 3 N–H and O–H groups in total. The fraction of sp³-hybridized carbons (Fsp3) is 0.533. The molecule has 0 radical (unpaired) electrons. The lowest BCUT2D eigenvalue weighted by molar-refractivity contribution is 0.0936. The Kier molecular flexibility index (Phi) is 11.7. The molecule has 21 heavy (non-hydrogen) atoms. The van der Waals surface area contributed by atoms with Crippen molar-refractivity contribution in [3.05, 3.63) is 29.8 Å². The minimum atomic E-state index is -0.117. The zero-order valence-electron chi connectivity index (χ0n) is 12.5. The molecule has 0 aliphatic carbocycles. The summed E-state index contributed by atoms with van der Waals surface area (Å²) in [5.41, 5.74) is 5.97. The molecular weight excluding hydrogens is 292 g/mol. The third kappa shape index (κ3) is 7.90. The molecule has 0 fully saturated rings. The van der Waals surface area contributed by atoms with Gasteiger partial charge in [0, 0.05) is 13.2 Å². The smallest absolute Gasteiger partial charge is 0.255 e. The Balaban J connectivity index is 0.00000400. The number of para-hydroxylation sites is 1. The Morgan fingerprint density at radius 1 is 1.24 bits per heavy atom. The van der Waals surface area contributed by atoms with Crippen molar-refractivity contribution in [2.75, 3.05) is 32.9 Å². The number of ether oxygens (including phenoxy) is 2. The third-order valence-corrected chi connectivity index (χ3v) is 2.74. The number of hydrogen-bond donors (Lipinski definition) is 2. The van der Waals surface area contributed by atoms with Gasteiger partial charge in [0.1, 0.15) is 12.4 Å². The van der Waals surface area contributed by atoms with Gasteiger partial charge >= 0.3 is 0 Å². The molecule has 0 unspecified atom stereocenters. The molecule has 1 rings (SSSR count). The maximum absolute atomic E-state index is 12.1. The number of hydrogen-bond acceptors (Lipinski definition) is 4. The van der Waals surface area contributed by atoms with Gasteiger partial charge in [-0.05, 0) is 38.4 Å². The van der Waals surface area contributed by atoms with Crippen LogP contribution in [0.25, 0.3) is 0 Å². The Morgan fingerprint density at radius 2 is 2.00 bits per heavy atom. The Hall–Kier alpha value is -1.30. The van der Waals surface area contributed by atoms with Crippen molar-refractivity contribution in [2.45, 2.75) is 19.8 Å². The van der Waals surface area contributed by atoms with Crippen molar-refractivity contribution in [1.82, 2.24) is 5.32 Å². The summed E-state index contributed by atoms with van der Waals surface area (Å²) in [7, 11) is 0. The number of amides is 1. The lowest BCUT2D eigenvalue weighted by atomic mass is 10.2. The van der Waals surface area contributed by atoms with Crippen molar-refractivity contribution < 1.29 is 14.3 Å². The molecule has 1 aromatic carbocycles. The lowest BCUT2D eigenvalue weighted by Gasteiger charge is -2.11. The van der Waals surface area contributed by atoms with Crippen LogP contribution in [0.15, 0.2) is 24.3 Å². The van der Waals surface area contributed by atoms with Crippen molar-refractivity contribution in [1.29, 1.82) is 0 Å². The van der Waals surface area contributed by atoms with Crippen LogP contribution in [0.2, 0.25) is 0 Å². The zero-order chi connectivity index (χ0) is 14.6. The second kappa shape index (κ2) is 12.4. The zero-order valence-corrected chi connectivity index (χ0v) is 13.3. The first-order valence-electron chi connectivity index (χ1n) is 7.07. The van der Waals surface area contributed by atoms with Crippen LogP contribution in [0.1, 0.15) is 30.1 Å². The van der Waals surface area contributed by atoms with Gasteiger partial charge in [0.05, 0.1) is 12.2 Å². The highest BCUT2D eigenvalue weighted by Gasteiger charge is 2.11. The first-order valence-corrected chi connectivity index (χ1v) is 7.07. The van der Waals surface area contributed by atoms with E-state index < -0.39 is 0 Å². The molecule has 0 bridgehead atoms. The van der Waals surface area contributed by atoms with E-state index in [1.807, 2.05) is 19.1 Å². The van der Waals surface area contributed by atoms with E-state index in [0.29, 0.717) is 44.2 Å². The summed E-state index contributed by atoms with van der Waals surface area (Å²) in [6, 6.07) is 7.22. The maximum atomic E-state index is 12.1. The van der Waals surface area contributed by atoms with Crippen LogP contribution in [0.4, 0.5) is 0 Å². The monoisotopic (exact) mass is 316 g/mol. The van der Waals surface area contributed by atoms with Crippen LogP contribution in [0.5, 0.6) is 5.75 Å². The highest BCUT2D eigenvalue weighted by Crippen LogP contribution is 2.17. The number of carbonyl (C=O) groups is 1. The van der Waals surface area contributed by atoms with Crippen LogP contribution in [0.3, 0.4) is 0 Å². The molecule has 0 aliphatic heterocycles. The topological polar surface area (TPSA) is 73.6 Å². The van der Waals surface area contributed by atoms with Crippen LogP contribution in [-0.4, -0.2) is 38.8 Å². The van der Waals surface area contributed by atoms with Gasteiger partial charge in [-0.1, -0.05) is 12.1 Å². The molecule has 0 atom stereocenters. The van der Waals surface area contributed by atoms with E-state index in [4.69, 9.17) is 15.2 Å². The fourth-order valence-electron chi connectivity index (χ4n) is 1.70. The van der Waals surface area contributed by atoms with E-state index in [1.165, 1.54) is 0 Å². The number of halogens is 1. The van der Waals surface area contributed by atoms with Gasteiger partial charge in [0.25, 0.3) is 5.91 Å². The van der Waals surface area contributed by atoms with Crippen molar-refractivity contribution >= 4 is 18.3 Å². The van der Waals surface area contributed by atoms with E-state index in [-0.39, 0.29) is 18.3 Å². The molecule has 1 aromatic rings. The van der Waals surface area contributed by atoms with E-state index >= 15 is 0 Å². The quantitative estimate of drug-likeness (QED) is 0.647.